The van der Waals surface area contributed by atoms with E-state index in [4.69, 9.17) is 9.47 Å². The van der Waals surface area contributed by atoms with Crippen LogP contribution in [0.15, 0.2) is 95.5 Å². The first kappa shape index (κ1) is 19.3. The second kappa shape index (κ2) is 8.54. The minimum Gasteiger partial charge on any atom is -0.495 e. The van der Waals surface area contributed by atoms with Crippen molar-refractivity contribution in [2.75, 3.05) is 14.2 Å². The van der Waals surface area contributed by atoms with Crippen LogP contribution in [0.2, 0.25) is 0 Å². The molecule has 29 heavy (non-hydrogen) atoms. The van der Waals surface area contributed by atoms with Crippen molar-refractivity contribution in [2.24, 2.45) is 0 Å². The van der Waals surface area contributed by atoms with Gasteiger partial charge in [0.1, 0.15) is 11.5 Å². The Bertz CT molecular complexity index is 1060. The molecule has 0 heterocycles. The molecule has 2 nitrogen and oxygen atoms in total. The molecule has 4 rings (SSSR count). The van der Waals surface area contributed by atoms with Crippen LogP contribution in [0.25, 0.3) is 33.4 Å². The van der Waals surface area contributed by atoms with Gasteiger partial charge in [-0.05, 0) is 23.3 Å². The zero-order valence-corrected chi connectivity index (χ0v) is 17.9. The van der Waals surface area contributed by atoms with Gasteiger partial charge < -0.3 is 9.47 Å². The average Bonchev–Trinajstić information content (AvgIpc) is 2.79. The van der Waals surface area contributed by atoms with Crippen molar-refractivity contribution in [3.63, 3.8) is 0 Å². The highest BCUT2D eigenvalue weighted by molar-refractivity contribution is 9.10. The molecule has 0 atom stereocenters. The van der Waals surface area contributed by atoms with Gasteiger partial charge in [-0.25, -0.2) is 0 Å². The van der Waals surface area contributed by atoms with Crippen molar-refractivity contribution < 1.29 is 9.47 Å². The minimum atomic E-state index is 0.791. The monoisotopic (exact) mass is 444 g/mol. The molecule has 0 aliphatic heterocycles. The van der Waals surface area contributed by atoms with E-state index in [1.807, 2.05) is 54.6 Å². The third kappa shape index (κ3) is 3.66. The topological polar surface area (TPSA) is 18.5 Å². The zero-order valence-electron chi connectivity index (χ0n) is 16.4. The minimum absolute atomic E-state index is 0.791. The van der Waals surface area contributed by atoms with E-state index in [-0.39, 0.29) is 0 Å². The summed E-state index contributed by atoms with van der Waals surface area (Å²) in [7, 11) is 3.42. The molecule has 0 radical (unpaired) electrons. The van der Waals surface area contributed by atoms with Crippen LogP contribution in [-0.2, 0) is 0 Å². The number of hydrogen-bond acceptors (Lipinski definition) is 2. The summed E-state index contributed by atoms with van der Waals surface area (Å²) in [6.45, 7) is 0. The van der Waals surface area contributed by atoms with Gasteiger partial charge in [-0.1, -0.05) is 94.8 Å². The van der Waals surface area contributed by atoms with E-state index in [1.165, 1.54) is 0 Å². The second-order valence-corrected chi connectivity index (χ2v) is 7.48. The lowest BCUT2D eigenvalue weighted by molar-refractivity contribution is 0.399. The largest absolute Gasteiger partial charge is 0.495 e. The fourth-order valence-corrected chi connectivity index (χ4v) is 4.13. The first-order valence-corrected chi connectivity index (χ1v) is 10.2. The first-order chi connectivity index (χ1) is 14.2. The number of methoxy groups -OCH3 is 2. The first-order valence-electron chi connectivity index (χ1n) is 9.39. The second-order valence-electron chi connectivity index (χ2n) is 6.63. The maximum atomic E-state index is 5.97. The summed E-state index contributed by atoms with van der Waals surface area (Å²) in [6, 6.07) is 30.9. The Hall–Kier alpha value is -3.04. The van der Waals surface area contributed by atoms with Gasteiger partial charge in [-0.2, -0.15) is 0 Å². The van der Waals surface area contributed by atoms with E-state index in [0.717, 1.165) is 49.4 Å². The van der Waals surface area contributed by atoms with Crippen LogP contribution in [0, 0.1) is 0 Å². The quantitative estimate of drug-likeness (QED) is 0.317. The van der Waals surface area contributed by atoms with Gasteiger partial charge in [0.25, 0.3) is 0 Å². The highest BCUT2D eigenvalue weighted by Crippen LogP contribution is 2.51. The molecule has 4 aromatic rings. The molecule has 144 valence electrons. The fraction of sp³-hybridized carbons (Fsp3) is 0.0769. The van der Waals surface area contributed by atoms with Crippen molar-refractivity contribution in [1.29, 1.82) is 0 Å². The standard InChI is InChI=1S/C26H21BrO2/c1-28-25-21(18-11-5-3-6-12-18)17-22(19-13-7-4-8-14-19)26(29-2)24(25)20-15-9-10-16-23(20)27/h3-17H,1-2H3. The molecule has 0 saturated heterocycles. The predicted octanol–water partition coefficient (Wildman–Crippen LogP) is 7.47. The normalized spacial score (nSPS) is 10.6. The lowest BCUT2D eigenvalue weighted by Gasteiger charge is -2.22. The Morgan fingerprint density at radius 1 is 0.552 bits per heavy atom. The van der Waals surface area contributed by atoms with E-state index in [1.54, 1.807) is 14.2 Å². The number of ether oxygens (including phenoxy) is 2. The molecule has 0 aromatic heterocycles. The average molecular weight is 445 g/mol. The molecule has 0 saturated carbocycles. The van der Waals surface area contributed by atoms with Gasteiger partial charge in [-0.3, -0.25) is 0 Å². The summed E-state index contributed by atoms with van der Waals surface area (Å²) in [5.41, 5.74) is 6.20. The van der Waals surface area contributed by atoms with Crippen molar-refractivity contribution in [3.05, 3.63) is 95.5 Å². The van der Waals surface area contributed by atoms with Gasteiger partial charge in [0.2, 0.25) is 0 Å². The molecule has 4 aromatic carbocycles. The summed E-state index contributed by atoms with van der Waals surface area (Å²) >= 11 is 3.71. The van der Waals surface area contributed by atoms with E-state index >= 15 is 0 Å². The molecule has 0 fully saturated rings. The van der Waals surface area contributed by atoms with E-state index in [0.29, 0.717) is 0 Å². The molecule has 0 unspecified atom stereocenters. The van der Waals surface area contributed by atoms with Gasteiger partial charge in [0.05, 0.1) is 19.8 Å². The summed E-state index contributed by atoms with van der Waals surface area (Å²) in [4.78, 5) is 0. The Kier molecular flexibility index (Phi) is 5.68. The highest BCUT2D eigenvalue weighted by Gasteiger charge is 2.24. The van der Waals surface area contributed by atoms with Crippen LogP contribution >= 0.6 is 15.9 Å². The van der Waals surface area contributed by atoms with Gasteiger partial charge in [0.15, 0.2) is 0 Å². The van der Waals surface area contributed by atoms with Crippen molar-refractivity contribution in [2.45, 2.75) is 0 Å². The molecule has 0 bridgehead atoms. The van der Waals surface area contributed by atoms with Crippen molar-refractivity contribution in [1.82, 2.24) is 0 Å². The zero-order chi connectivity index (χ0) is 20.2. The lowest BCUT2D eigenvalue weighted by atomic mass is 9.90. The number of benzene rings is 4. The van der Waals surface area contributed by atoms with Gasteiger partial charge in [0, 0.05) is 21.2 Å². The third-order valence-corrected chi connectivity index (χ3v) is 5.64. The molecular formula is C26H21BrO2. The summed E-state index contributed by atoms with van der Waals surface area (Å²) < 4.78 is 12.9. The number of rotatable bonds is 5. The molecule has 3 heteroatoms. The molecule has 0 spiro atoms. The maximum Gasteiger partial charge on any atom is 0.138 e. The molecule has 0 N–H and O–H groups in total. The Morgan fingerprint density at radius 2 is 1.00 bits per heavy atom. The summed E-state index contributed by atoms with van der Waals surface area (Å²) in [5, 5.41) is 0. The van der Waals surface area contributed by atoms with E-state index in [2.05, 4.69) is 52.3 Å². The molecule has 0 amide bonds. The highest BCUT2D eigenvalue weighted by atomic mass is 79.9. The predicted molar refractivity (Wildman–Crippen MR) is 124 cm³/mol. The van der Waals surface area contributed by atoms with Crippen molar-refractivity contribution >= 4 is 15.9 Å². The van der Waals surface area contributed by atoms with Gasteiger partial charge >= 0.3 is 0 Å². The summed E-state index contributed by atoms with van der Waals surface area (Å²) in [6.07, 6.45) is 0. The van der Waals surface area contributed by atoms with E-state index in [9.17, 15) is 0 Å². The summed E-state index contributed by atoms with van der Waals surface area (Å²) in [5.74, 6) is 1.58. The maximum absolute atomic E-state index is 5.97. The SMILES string of the molecule is COc1c(-c2ccccc2)cc(-c2ccccc2)c(OC)c1-c1ccccc1Br. The van der Waals surface area contributed by atoms with Crippen molar-refractivity contribution in [3.8, 4) is 44.9 Å². The van der Waals surface area contributed by atoms with Crippen LogP contribution in [0.5, 0.6) is 11.5 Å². The van der Waals surface area contributed by atoms with E-state index < -0.39 is 0 Å². The molecule has 0 aliphatic carbocycles. The fourth-order valence-electron chi connectivity index (χ4n) is 3.64. The van der Waals surface area contributed by atoms with Crippen LogP contribution < -0.4 is 9.47 Å². The number of halogens is 1. The van der Waals surface area contributed by atoms with Crippen LogP contribution in [-0.4, -0.2) is 14.2 Å². The molecule has 0 aliphatic rings. The van der Waals surface area contributed by atoms with Crippen LogP contribution in [0.3, 0.4) is 0 Å². The Morgan fingerprint density at radius 3 is 1.45 bits per heavy atom. The lowest BCUT2D eigenvalue weighted by Crippen LogP contribution is -1.99. The third-order valence-electron chi connectivity index (χ3n) is 4.95. The van der Waals surface area contributed by atoms with Crippen LogP contribution in [0.4, 0.5) is 0 Å². The smallest absolute Gasteiger partial charge is 0.138 e. The van der Waals surface area contributed by atoms with Crippen LogP contribution in [0.1, 0.15) is 0 Å². The number of hydrogen-bond donors (Lipinski definition) is 0. The Balaban J connectivity index is 2.14. The Labute approximate surface area is 179 Å². The van der Waals surface area contributed by atoms with Gasteiger partial charge in [-0.15, -0.1) is 0 Å². The molecular weight excluding hydrogens is 424 g/mol.